The number of carbonyl (C=O) groups is 3. The SMILES string of the molecule is C[C@@H]1CN2c3c(cc4c(-c5cnc(N6CCOCC6)cn5)noc4c3F)CC3(C(=O)NC(=O)NC3=O)C2[C@@H](C)O1. The molecule has 208 valence electrons. The molecule has 40 heavy (non-hydrogen) atoms. The van der Waals surface area contributed by atoms with Crippen LogP contribution in [-0.2, 0) is 25.5 Å². The predicted molar refractivity (Wildman–Crippen MR) is 137 cm³/mol. The zero-order chi connectivity index (χ0) is 27.8. The lowest BCUT2D eigenvalue weighted by Crippen LogP contribution is -2.75. The van der Waals surface area contributed by atoms with E-state index in [-0.39, 0.29) is 36.0 Å². The number of benzene rings is 1. The molecule has 0 radical (unpaired) electrons. The molecule has 4 aliphatic heterocycles. The Morgan fingerprint density at radius 1 is 1.07 bits per heavy atom. The number of nitrogens with one attached hydrogen (secondary N) is 2. The van der Waals surface area contributed by atoms with Crippen molar-refractivity contribution in [3.63, 3.8) is 0 Å². The van der Waals surface area contributed by atoms with Crippen LogP contribution in [0.15, 0.2) is 23.0 Å². The molecule has 1 unspecified atom stereocenters. The smallest absolute Gasteiger partial charge is 0.328 e. The van der Waals surface area contributed by atoms with Crippen molar-refractivity contribution < 1.29 is 32.8 Å². The van der Waals surface area contributed by atoms with Crippen LogP contribution in [0.1, 0.15) is 19.4 Å². The molecule has 2 N–H and O–H groups in total. The van der Waals surface area contributed by atoms with Crippen molar-refractivity contribution in [1.29, 1.82) is 0 Å². The molecule has 1 spiro atoms. The molecule has 14 heteroatoms. The third-order valence-corrected chi connectivity index (χ3v) is 8.18. The number of anilines is 2. The summed E-state index contributed by atoms with van der Waals surface area (Å²) in [6.45, 7) is 6.40. The largest absolute Gasteiger partial charge is 0.378 e. The van der Waals surface area contributed by atoms with Crippen LogP contribution in [0.25, 0.3) is 22.4 Å². The fourth-order valence-electron chi connectivity index (χ4n) is 6.53. The minimum atomic E-state index is -1.72. The highest BCUT2D eigenvalue weighted by Gasteiger charge is 2.63. The van der Waals surface area contributed by atoms with E-state index in [4.69, 9.17) is 14.0 Å². The van der Waals surface area contributed by atoms with Gasteiger partial charge in [0.05, 0.1) is 54.9 Å². The Morgan fingerprint density at radius 3 is 2.52 bits per heavy atom. The number of fused-ring (bicyclic) bond motifs is 5. The Labute approximate surface area is 227 Å². The number of urea groups is 1. The summed E-state index contributed by atoms with van der Waals surface area (Å²) in [7, 11) is 0. The average molecular weight is 552 g/mol. The van der Waals surface area contributed by atoms with Crippen LogP contribution >= 0.6 is 0 Å². The summed E-state index contributed by atoms with van der Waals surface area (Å²) in [6.07, 6.45) is 2.08. The number of morpholine rings is 2. The summed E-state index contributed by atoms with van der Waals surface area (Å²) >= 11 is 0. The number of hydrogen-bond acceptors (Lipinski definition) is 11. The molecule has 6 heterocycles. The van der Waals surface area contributed by atoms with Gasteiger partial charge in [0.15, 0.2) is 11.2 Å². The molecule has 0 bridgehead atoms. The molecule has 13 nitrogen and oxygen atoms in total. The highest BCUT2D eigenvalue weighted by molar-refractivity contribution is 6.20. The lowest BCUT2D eigenvalue weighted by atomic mass is 9.66. The summed E-state index contributed by atoms with van der Waals surface area (Å²) in [5.74, 6) is -1.46. The number of nitrogens with zero attached hydrogens (tertiary/aromatic N) is 5. The van der Waals surface area contributed by atoms with Gasteiger partial charge in [0.2, 0.25) is 17.4 Å². The number of halogens is 1. The second kappa shape index (κ2) is 8.93. The maximum Gasteiger partial charge on any atom is 0.328 e. The first-order valence-corrected chi connectivity index (χ1v) is 13.1. The van der Waals surface area contributed by atoms with Gasteiger partial charge < -0.3 is 23.8 Å². The van der Waals surface area contributed by atoms with Crippen LogP contribution in [0.2, 0.25) is 0 Å². The molecular weight excluding hydrogens is 525 g/mol. The van der Waals surface area contributed by atoms with Crippen LogP contribution in [0.4, 0.5) is 20.7 Å². The van der Waals surface area contributed by atoms with E-state index in [0.29, 0.717) is 48.8 Å². The highest BCUT2D eigenvalue weighted by atomic mass is 19.1. The summed E-state index contributed by atoms with van der Waals surface area (Å²) in [5, 5.41) is 8.92. The van der Waals surface area contributed by atoms with Gasteiger partial charge in [-0.3, -0.25) is 20.2 Å². The number of ether oxygens (including phenoxy) is 2. The molecule has 3 saturated heterocycles. The van der Waals surface area contributed by atoms with E-state index in [1.807, 2.05) is 6.92 Å². The lowest BCUT2D eigenvalue weighted by Gasteiger charge is -2.55. The highest BCUT2D eigenvalue weighted by Crippen LogP contribution is 2.49. The molecule has 3 atom stereocenters. The minimum absolute atomic E-state index is 0.0676. The first-order chi connectivity index (χ1) is 19.3. The molecule has 2 aromatic heterocycles. The number of rotatable bonds is 2. The Morgan fingerprint density at radius 2 is 1.82 bits per heavy atom. The second-order valence-corrected chi connectivity index (χ2v) is 10.6. The fourth-order valence-corrected chi connectivity index (χ4v) is 6.53. The second-order valence-electron chi connectivity index (χ2n) is 10.6. The molecule has 4 amide bonds. The van der Waals surface area contributed by atoms with Crippen LogP contribution in [-0.4, -0.2) is 84.1 Å². The first-order valence-electron chi connectivity index (χ1n) is 13.1. The Kier molecular flexibility index (Phi) is 5.54. The third-order valence-electron chi connectivity index (χ3n) is 8.18. The number of amides is 4. The monoisotopic (exact) mass is 551 g/mol. The molecule has 7 rings (SSSR count). The number of imide groups is 2. The fraction of sp³-hybridized carbons (Fsp3) is 0.462. The summed E-state index contributed by atoms with van der Waals surface area (Å²) in [5.41, 5.74) is -0.501. The molecule has 0 aliphatic carbocycles. The van der Waals surface area contributed by atoms with Crippen molar-refractivity contribution in [3.05, 3.63) is 29.8 Å². The number of hydrogen-bond donors (Lipinski definition) is 2. The lowest BCUT2D eigenvalue weighted by molar-refractivity contribution is -0.153. The molecule has 4 aliphatic rings. The van der Waals surface area contributed by atoms with Gasteiger partial charge in [-0.2, -0.15) is 0 Å². The Hall–Kier alpha value is -4.17. The Bertz CT molecular complexity index is 1530. The molecule has 3 aromatic rings. The van der Waals surface area contributed by atoms with E-state index >= 15 is 4.39 Å². The van der Waals surface area contributed by atoms with Gasteiger partial charge in [-0.05, 0) is 25.5 Å². The van der Waals surface area contributed by atoms with Crippen LogP contribution in [0.3, 0.4) is 0 Å². The summed E-state index contributed by atoms with van der Waals surface area (Å²) in [6, 6.07) is -0.0771. The van der Waals surface area contributed by atoms with Crippen LogP contribution < -0.4 is 20.4 Å². The van der Waals surface area contributed by atoms with Crippen molar-refractivity contribution in [2.24, 2.45) is 5.41 Å². The van der Waals surface area contributed by atoms with E-state index in [0.717, 1.165) is 0 Å². The van der Waals surface area contributed by atoms with Gasteiger partial charge in [-0.25, -0.2) is 19.2 Å². The van der Waals surface area contributed by atoms with E-state index in [1.54, 1.807) is 30.3 Å². The summed E-state index contributed by atoms with van der Waals surface area (Å²) in [4.78, 5) is 51.5. The van der Waals surface area contributed by atoms with Gasteiger partial charge in [0, 0.05) is 26.1 Å². The number of barbiturate groups is 1. The summed E-state index contributed by atoms with van der Waals surface area (Å²) < 4.78 is 33.2. The van der Waals surface area contributed by atoms with Crippen molar-refractivity contribution >= 4 is 40.3 Å². The van der Waals surface area contributed by atoms with E-state index in [9.17, 15) is 14.4 Å². The van der Waals surface area contributed by atoms with Gasteiger partial charge in [0.1, 0.15) is 17.2 Å². The van der Waals surface area contributed by atoms with Gasteiger partial charge in [0.25, 0.3) is 0 Å². The van der Waals surface area contributed by atoms with E-state index in [2.05, 4.69) is 30.7 Å². The van der Waals surface area contributed by atoms with Crippen molar-refractivity contribution in [2.75, 3.05) is 42.6 Å². The van der Waals surface area contributed by atoms with Gasteiger partial charge in [-0.15, -0.1) is 0 Å². The maximum atomic E-state index is 16.3. The van der Waals surface area contributed by atoms with Crippen LogP contribution in [0, 0.1) is 11.2 Å². The average Bonchev–Trinajstić information content (AvgIpc) is 3.36. The van der Waals surface area contributed by atoms with E-state index in [1.165, 1.54) is 0 Å². The van der Waals surface area contributed by atoms with Crippen LogP contribution in [0.5, 0.6) is 0 Å². The standard InChI is InChI=1S/C26H26FN7O6/c1-12-11-34-20-14(8-26(22(34)13(2)39-12)23(35)30-25(37)31-24(26)36)7-15-19(32-40-21(15)18(20)27)16-9-29-17(10-28-16)33-3-5-38-6-4-33/h7,9-10,12-13,22H,3-6,8,11H2,1-2H3,(H2,30,31,35,36,37)/t12-,13-,22?/m1/s1. The predicted octanol–water partition coefficient (Wildman–Crippen LogP) is 1.15. The molecule has 3 fully saturated rings. The molecule has 0 saturated carbocycles. The van der Waals surface area contributed by atoms with Gasteiger partial charge >= 0.3 is 6.03 Å². The molecule has 1 aromatic carbocycles. The number of carbonyl (C=O) groups excluding carboxylic acids is 3. The zero-order valence-corrected chi connectivity index (χ0v) is 21.8. The van der Waals surface area contributed by atoms with E-state index < -0.39 is 41.2 Å². The first kappa shape index (κ1) is 24.8. The van der Waals surface area contributed by atoms with Crippen molar-refractivity contribution in [3.8, 4) is 11.4 Å². The maximum absolute atomic E-state index is 16.3. The van der Waals surface area contributed by atoms with Gasteiger partial charge in [-0.1, -0.05) is 5.16 Å². The Balaban J connectivity index is 1.35. The normalized spacial score (nSPS) is 26.0. The molecular formula is C26H26FN7O6. The van der Waals surface area contributed by atoms with Crippen molar-refractivity contribution in [2.45, 2.75) is 38.5 Å². The third kappa shape index (κ3) is 3.52. The van der Waals surface area contributed by atoms with Crippen molar-refractivity contribution in [1.82, 2.24) is 25.8 Å². The minimum Gasteiger partial charge on any atom is -0.378 e. The zero-order valence-electron chi connectivity index (χ0n) is 21.8. The quantitative estimate of drug-likeness (QED) is 0.441. The topological polar surface area (TPSA) is 152 Å². The number of aromatic nitrogens is 3.